The first-order valence-electron chi connectivity index (χ1n) is 15.1. The van der Waals surface area contributed by atoms with E-state index >= 15 is 0 Å². The first kappa shape index (κ1) is 32.2. The van der Waals surface area contributed by atoms with E-state index in [4.69, 9.17) is 10.7 Å². The van der Waals surface area contributed by atoms with E-state index in [-0.39, 0.29) is 0 Å². The van der Waals surface area contributed by atoms with Crippen LogP contribution in [0.1, 0.15) is 152 Å². The van der Waals surface area contributed by atoms with Gasteiger partial charge >= 0.3 is 251 Å². The topological polar surface area (TPSA) is 37.1 Å². The van der Waals surface area contributed by atoms with Gasteiger partial charge in [0.25, 0.3) is 0 Å². The molecule has 0 saturated heterocycles. The molecule has 0 spiro atoms. The average Bonchev–Trinajstić information content (AvgIpc) is 2.88. The van der Waals surface area contributed by atoms with Crippen molar-refractivity contribution in [1.29, 1.82) is 0 Å². The summed E-state index contributed by atoms with van der Waals surface area (Å²) in [5.74, 6) is 2.27. The molecule has 0 N–H and O–H groups in total. The minimum absolute atomic E-state index is 0.378. The molecule has 0 aliphatic heterocycles. The fourth-order valence-corrected chi connectivity index (χ4v) is 9.25. The number of hydrogen-bond donors (Lipinski definition) is 0. The second-order valence-corrected chi connectivity index (χ2v) is 16.2. The molecule has 0 heterocycles. The number of hydrogen-bond acceptors (Lipinski definition) is 3. The summed E-state index contributed by atoms with van der Waals surface area (Å²) in [5, 5.41) is 0. The maximum atomic E-state index is 5.65. The summed E-state index contributed by atoms with van der Waals surface area (Å²) >= 11 is -3.08. The van der Waals surface area contributed by atoms with Crippen LogP contribution in [0.4, 0.5) is 17.1 Å². The molecule has 40 heavy (non-hydrogen) atoms. The Morgan fingerprint density at radius 3 is 0.675 bits per heavy atom. The van der Waals surface area contributed by atoms with Crippen molar-refractivity contribution in [2.24, 2.45) is 10.7 Å². The van der Waals surface area contributed by atoms with E-state index in [2.05, 4.69) is 138 Å². The zero-order valence-corrected chi connectivity index (χ0v) is 29.6. The zero-order valence-electron chi connectivity index (χ0n) is 26.9. The van der Waals surface area contributed by atoms with Crippen LogP contribution in [0, 0.1) is 0 Å². The van der Waals surface area contributed by atoms with Gasteiger partial charge in [-0.25, -0.2) is 0 Å². The molecular weight excluding hydrogens is 661 g/mol. The molecule has 3 rings (SSSR count). The Balaban J connectivity index is 2.61. The molecule has 0 fully saturated rings. The molecule has 3 nitrogen and oxygen atoms in total. The summed E-state index contributed by atoms with van der Waals surface area (Å²) in [4.78, 5) is 0. The Morgan fingerprint density at radius 2 is 0.525 bits per heavy atom. The third-order valence-electron chi connectivity index (χ3n) is 7.51. The van der Waals surface area contributed by atoms with Crippen molar-refractivity contribution in [3.05, 3.63) is 88.0 Å². The first-order valence-corrected chi connectivity index (χ1v) is 18.7. The SMILES string of the molecule is CC(C)c1cccc(C(C)C)c1[N]=[Re](=[N]c1c(C(C)C)cccc1C(C)C)=[N]c1c(C(C)C)cccc1C(C)C. The molecule has 0 saturated carbocycles. The van der Waals surface area contributed by atoms with Crippen LogP contribution in [0.5, 0.6) is 0 Å². The Bertz CT molecular complexity index is 1210. The number of rotatable bonds is 9. The van der Waals surface area contributed by atoms with Crippen molar-refractivity contribution in [3.8, 4) is 0 Å². The number of benzene rings is 3. The average molecular weight is 712 g/mol. The van der Waals surface area contributed by atoms with E-state index in [1.54, 1.807) is 0 Å². The minimum atomic E-state index is -3.08. The van der Waals surface area contributed by atoms with Crippen LogP contribution in [0.2, 0.25) is 0 Å². The molecule has 3 aromatic carbocycles. The Labute approximate surface area is 249 Å². The van der Waals surface area contributed by atoms with Gasteiger partial charge in [0, 0.05) is 0 Å². The fourth-order valence-electron chi connectivity index (χ4n) is 5.11. The standard InChI is InChI=1S/3C12H17N.Re/c3*1-8(2)10-6-5-7-11(9(3)4)12(10)13;/h3*5-9H,1-4H3;. The molecular formula is C36H51N3Re. The molecule has 0 radical (unpaired) electrons. The van der Waals surface area contributed by atoms with E-state index in [0.29, 0.717) is 35.5 Å². The third kappa shape index (κ3) is 7.51. The van der Waals surface area contributed by atoms with Crippen LogP contribution >= 0.6 is 0 Å². The van der Waals surface area contributed by atoms with Gasteiger partial charge in [-0.05, 0) is 0 Å². The van der Waals surface area contributed by atoms with E-state index in [9.17, 15) is 0 Å². The molecule has 217 valence electrons. The predicted molar refractivity (Wildman–Crippen MR) is 170 cm³/mol. The molecule has 0 unspecified atom stereocenters. The van der Waals surface area contributed by atoms with Crippen molar-refractivity contribution in [2.45, 2.75) is 119 Å². The van der Waals surface area contributed by atoms with Crippen molar-refractivity contribution in [1.82, 2.24) is 0 Å². The summed E-state index contributed by atoms with van der Waals surface area (Å²) < 4.78 is 16.9. The van der Waals surface area contributed by atoms with Crippen LogP contribution in [-0.4, -0.2) is 0 Å². The van der Waals surface area contributed by atoms with Gasteiger partial charge in [0.2, 0.25) is 0 Å². The molecule has 0 amide bonds. The van der Waals surface area contributed by atoms with Gasteiger partial charge in [-0.15, -0.1) is 0 Å². The molecule has 3 aromatic rings. The van der Waals surface area contributed by atoms with Gasteiger partial charge in [0.1, 0.15) is 0 Å². The number of nitrogens with zero attached hydrogens (tertiary/aromatic N) is 3. The molecule has 4 heteroatoms. The van der Waals surface area contributed by atoms with Crippen molar-refractivity contribution in [2.75, 3.05) is 0 Å². The Hall–Kier alpha value is -2.28. The summed E-state index contributed by atoms with van der Waals surface area (Å²) in [6.07, 6.45) is 0. The summed E-state index contributed by atoms with van der Waals surface area (Å²) in [7, 11) is 0. The van der Waals surface area contributed by atoms with E-state index in [1.165, 1.54) is 33.4 Å². The maximum absolute atomic E-state index is 5.65. The second kappa shape index (κ2) is 14.1. The van der Waals surface area contributed by atoms with Gasteiger partial charge in [-0.3, -0.25) is 0 Å². The normalized spacial score (nSPS) is 11.8. The van der Waals surface area contributed by atoms with E-state index < -0.39 is 16.2 Å². The van der Waals surface area contributed by atoms with Crippen LogP contribution in [0.3, 0.4) is 0 Å². The van der Waals surface area contributed by atoms with Crippen LogP contribution in [0.25, 0.3) is 0 Å². The summed E-state index contributed by atoms with van der Waals surface area (Å²) in [6.45, 7) is 27.2. The van der Waals surface area contributed by atoms with Crippen molar-refractivity contribution in [3.63, 3.8) is 0 Å². The van der Waals surface area contributed by atoms with Crippen LogP contribution in [0.15, 0.2) is 65.3 Å². The predicted octanol–water partition coefficient (Wildman–Crippen LogP) is 12.9. The van der Waals surface area contributed by atoms with Crippen LogP contribution < -0.4 is 0 Å². The zero-order chi connectivity index (χ0) is 29.7. The molecule has 0 aromatic heterocycles. The molecule has 0 aliphatic rings. The van der Waals surface area contributed by atoms with Gasteiger partial charge in [-0.2, -0.15) is 0 Å². The van der Waals surface area contributed by atoms with Gasteiger partial charge in [-0.1, -0.05) is 0 Å². The van der Waals surface area contributed by atoms with Gasteiger partial charge in [0.15, 0.2) is 0 Å². The van der Waals surface area contributed by atoms with Crippen molar-refractivity contribution >= 4 is 17.1 Å². The third-order valence-corrected chi connectivity index (χ3v) is 11.0. The Kier molecular flexibility index (Phi) is 11.3. The summed E-state index contributed by atoms with van der Waals surface area (Å²) in [6, 6.07) is 20.1. The quantitative estimate of drug-likeness (QED) is 0.212. The van der Waals surface area contributed by atoms with Crippen molar-refractivity contribution < 1.29 is 16.2 Å². The fraction of sp³-hybridized carbons (Fsp3) is 0.500. The second-order valence-electron chi connectivity index (χ2n) is 12.8. The van der Waals surface area contributed by atoms with E-state index in [0.717, 1.165) is 17.1 Å². The molecule has 0 aliphatic carbocycles. The summed E-state index contributed by atoms with van der Waals surface area (Å²) in [5.41, 5.74) is 11.2. The van der Waals surface area contributed by atoms with Gasteiger partial charge in [0.05, 0.1) is 0 Å². The van der Waals surface area contributed by atoms with Gasteiger partial charge < -0.3 is 0 Å². The molecule has 0 bridgehead atoms. The van der Waals surface area contributed by atoms with Crippen LogP contribution in [-0.2, 0) is 16.2 Å². The first-order chi connectivity index (χ1) is 18.8. The molecule has 0 atom stereocenters. The van der Waals surface area contributed by atoms with E-state index in [1.807, 2.05) is 0 Å². The Morgan fingerprint density at radius 1 is 0.350 bits per heavy atom. The monoisotopic (exact) mass is 712 g/mol.